The molecule has 1 fully saturated rings. The normalized spacial score (nSPS) is 18.3. The lowest BCUT2D eigenvalue weighted by molar-refractivity contribution is -0.208. The third kappa shape index (κ3) is 5.40. The van der Waals surface area contributed by atoms with E-state index in [0.29, 0.717) is 0 Å². The lowest BCUT2D eigenvalue weighted by Gasteiger charge is -2.39. The molecule has 0 bridgehead atoms. The molecule has 2 rings (SSSR count). The summed E-state index contributed by atoms with van der Waals surface area (Å²) in [5.41, 5.74) is -0.691. The minimum absolute atomic E-state index is 0.0428. The van der Waals surface area contributed by atoms with E-state index in [1.165, 1.54) is 4.90 Å². The second-order valence-electron chi connectivity index (χ2n) is 7.42. The molecule has 0 spiro atoms. The number of piperidine rings is 1. The van der Waals surface area contributed by atoms with E-state index < -0.39 is 35.7 Å². The summed E-state index contributed by atoms with van der Waals surface area (Å²) < 4.78 is 65.4. The van der Waals surface area contributed by atoms with E-state index in [0.717, 1.165) is 18.2 Å². The Morgan fingerprint density at radius 3 is 2.33 bits per heavy atom. The zero-order valence-corrected chi connectivity index (χ0v) is 16.0. The van der Waals surface area contributed by atoms with Gasteiger partial charge in [-0.3, -0.25) is 0 Å². The van der Waals surface area contributed by atoms with Crippen LogP contribution in [0.25, 0.3) is 0 Å². The van der Waals surface area contributed by atoms with Crippen molar-refractivity contribution in [3.8, 4) is 5.75 Å². The first-order valence-corrected chi connectivity index (χ1v) is 8.89. The predicted octanol–water partition coefficient (Wildman–Crippen LogP) is 5.44. The summed E-state index contributed by atoms with van der Waals surface area (Å²) in [6, 6.07) is 2.80. The van der Waals surface area contributed by atoms with E-state index in [9.17, 15) is 18.0 Å². The highest BCUT2D eigenvalue weighted by molar-refractivity contribution is 6.32. The van der Waals surface area contributed by atoms with E-state index >= 15 is 4.39 Å². The van der Waals surface area contributed by atoms with Crippen molar-refractivity contribution in [3.63, 3.8) is 0 Å². The molecule has 1 aromatic carbocycles. The van der Waals surface area contributed by atoms with Crippen LogP contribution in [-0.4, -0.2) is 42.0 Å². The van der Waals surface area contributed by atoms with Crippen LogP contribution in [0.4, 0.5) is 22.4 Å². The molecular weight excluding hydrogens is 390 g/mol. The molecule has 0 aliphatic carbocycles. The molecule has 1 amide bonds. The van der Waals surface area contributed by atoms with Crippen molar-refractivity contribution in [3.05, 3.63) is 29.0 Å². The number of ether oxygens (including phenoxy) is 2. The number of likely N-dealkylation sites (tertiary alicyclic amines) is 1. The minimum Gasteiger partial charge on any atom is -0.451 e. The van der Waals surface area contributed by atoms with Gasteiger partial charge in [-0.25, -0.2) is 18.0 Å². The molecule has 27 heavy (non-hydrogen) atoms. The van der Waals surface area contributed by atoms with Crippen LogP contribution in [0.2, 0.25) is 5.02 Å². The Kier molecular flexibility index (Phi) is 6.50. The summed E-state index contributed by atoms with van der Waals surface area (Å²) in [6.45, 7) is 5.24. The maximum absolute atomic E-state index is 15.1. The molecule has 1 unspecified atom stereocenters. The summed E-state index contributed by atoms with van der Waals surface area (Å²) in [5.74, 6) is -5.53. The first kappa shape index (κ1) is 21.6. The van der Waals surface area contributed by atoms with E-state index in [1.807, 2.05) is 0 Å². The lowest BCUT2D eigenvalue weighted by Crippen LogP contribution is -2.52. The maximum atomic E-state index is 15.1. The Morgan fingerprint density at radius 2 is 1.85 bits per heavy atom. The minimum atomic E-state index is -3.45. The van der Waals surface area contributed by atoms with Gasteiger partial charge in [0, 0.05) is 19.0 Å². The second-order valence-corrected chi connectivity index (χ2v) is 7.82. The van der Waals surface area contributed by atoms with Crippen molar-refractivity contribution in [1.82, 2.24) is 4.90 Å². The number of carbonyl (C=O) groups is 1. The van der Waals surface area contributed by atoms with Crippen LogP contribution >= 0.6 is 11.6 Å². The molecule has 0 radical (unpaired) electrons. The predicted molar refractivity (Wildman–Crippen MR) is 92.4 cm³/mol. The van der Waals surface area contributed by atoms with Gasteiger partial charge >= 0.3 is 18.4 Å². The van der Waals surface area contributed by atoms with Gasteiger partial charge in [-0.15, -0.1) is 0 Å². The molecule has 1 saturated heterocycles. The van der Waals surface area contributed by atoms with Gasteiger partial charge in [0.05, 0.1) is 5.02 Å². The Morgan fingerprint density at radius 1 is 1.26 bits per heavy atom. The lowest BCUT2D eigenvalue weighted by atomic mass is 9.89. The SMILES string of the molecule is CC(C)(C)OC(=O)N1CCC(C(F)(Oc2ccc(F)cc2Cl)C(F)F)CC1. The summed E-state index contributed by atoms with van der Waals surface area (Å²) in [7, 11) is 0. The molecule has 1 heterocycles. The third-order valence-electron chi connectivity index (χ3n) is 4.16. The molecule has 9 heteroatoms. The third-order valence-corrected chi connectivity index (χ3v) is 4.46. The highest BCUT2D eigenvalue weighted by Gasteiger charge is 2.51. The van der Waals surface area contributed by atoms with Crippen LogP contribution in [0.15, 0.2) is 18.2 Å². The molecular formula is C18H22ClF4NO3. The van der Waals surface area contributed by atoms with Crippen molar-refractivity contribution in [1.29, 1.82) is 0 Å². The number of rotatable bonds is 4. The van der Waals surface area contributed by atoms with Crippen molar-refractivity contribution in [2.45, 2.75) is 51.5 Å². The monoisotopic (exact) mass is 411 g/mol. The molecule has 0 N–H and O–H groups in total. The number of halogens is 5. The van der Waals surface area contributed by atoms with E-state index in [-0.39, 0.29) is 36.7 Å². The van der Waals surface area contributed by atoms with Crippen LogP contribution in [0, 0.1) is 11.7 Å². The van der Waals surface area contributed by atoms with Crippen molar-refractivity contribution < 1.29 is 31.8 Å². The van der Waals surface area contributed by atoms with E-state index in [1.54, 1.807) is 20.8 Å². The van der Waals surface area contributed by atoms with Gasteiger partial charge in [-0.05, 0) is 51.8 Å². The number of benzene rings is 1. The molecule has 1 aromatic rings. The van der Waals surface area contributed by atoms with Crippen molar-refractivity contribution in [2.75, 3.05) is 13.1 Å². The first-order chi connectivity index (χ1) is 12.4. The van der Waals surface area contributed by atoms with Gasteiger partial charge in [0.2, 0.25) is 0 Å². The average Bonchev–Trinajstić information content (AvgIpc) is 2.55. The zero-order chi connectivity index (χ0) is 20.4. The number of hydrogen-bond donors (Lipinski definition) is 0. The maximum Gasteiger partial charge on any atom is 0.410 e. The average molecular weight is 412 g/mol. The zero-order valence-electron chi connectivity index (χ0n) is 15.3. The summed E-state index contributed by atoms with van der Waals surface area (Å²) in [6.07, 6.45) is -4.11. The van der Waals surface area contributed by atoms with Gasteiger partial charge in [0.15, 0.2) is 0 Å². The smallest absolute Gasteiger partial charge is 0.410 e. The number of alkyl halides is 3. The Bertz CT molecular complexity index is 675. The van der Waals surface area contributed by atoms with Crippen molar-refractivity contribution in [2.24, 2.45) is 5.92 Å². The van der Waals surface area contributed by atoms with Gasteiger partial charge < -0.3 is 14.4 Å². The standard InChI is InChI=1S/C18H22ClF4NO3/c1-17(2,3)27-16(25)24-8-6-11(7-9-24)18(23,15(21)22)26-14-5-4-12(20)10-13(14)19/h4-5,10-11,15H,6-9H2,1-3H3. The fourth-order valence-electron chi connectivity index (χ4n) is 2.81. The molecule has 1 atom stereocenters. The Hall–Kier alpha value is -1.70. The van der Waals surface area contributed by atoms with E-state index in [2.05, 4.69) is 0 Å². The van der Waals surface area contributed by atoms with Gasteiger partial charge in [0.1, 0.15) is 17.2 Å². The van der Waals surface area contributed by atoms with Gasteiger partial charge in [-0.2, -0.15) is 4.39 Å². The topological polar surface area (TPSA) is 38.8 Å². The first-order valence-electron chi connectivity index (χ1n) is 8.51. The summed E-state index contributed by atoms with van der Waals surface area (Å²) >= 11 is 5.76. The van der Waals surface area contributed by atoms with E-state index in [4.69, 9.17) is 21.1 Å². The molecule has 1 aliphatic heterocycles. The van der Waals surface area contributed by atoms with Crippen LogP contribution in [0.3, 0.4) is 0 Å². The number of nitrogens with zero attached hydrogens (tertiary/aromatic N) is 1. The molecule has 152 valence electrons. The van der Waals surface area contributed by atoms with Gasteiger partial charge in [-0.1, -0.05) is 11.6 Å². The molecule has 4 nitrogen and oxygen atoms in total. The largest absolute Gasteiger partial charge is 0.451 e. The Balaban J connectivity index is 2.08. The number of carbonyl (C=O) groups excluding carboxylic acids is 1. The molecule has 0 saturated carbocycles. The quantitative estimate of drug-likeness (QED) is 0.619. The fraction of sp³-hybridized carbons (Fsp3) is 0.611. The van der Waals surface area contributed by atoms with Crippen LogP contribution in [0.5, 0.6) is 5.75 Å². The summed E-state index contributed by atoms with van der Waals surface area (Å²) in [4.78, 5) is 13.4. The van der Waals surface area contributed by atoms with Crippen LogP contribution < -0.4 is 4.74 Å². The van der Waals surface area contributed by atoms with Crippen LogP contribution in [-0.2, 0) is 4.74 Å². The highest BCUT2D eigenvalue weighted by Crippen LogP contribution is 2.40. The molecule has 1 aliphatic rings. The van der Waals surface area contributed by atoms with Crippen molar-refractivity contribution >= 4 is 17.7 Å². The Labute approximate surface area is 160 Å². The summed E-state index contributed by atoms with van der Waals surface area (Å²) in [5, 5.41) is -0.302. The number of amides is 1. The fourth-order valence-corrected chi connectivity index (χ4v) is 3.02. The highest BCUT2D eigenvalue weighted by atomic mass is 35.5. The molecule has 0 aromatic heterocycles. The second kappa shape index (κ2) is 8.12. The van der Waals surface area contributed by atoms with Crippen LogP contribution in [0.1, 0.15) is 33.6 Å². The number of hydrogen-bond acceptors (Lipinski definition) is 3. The van der Waals surface area contributed by atoms with Gasteiger partial charge in [0.25, 0.3) is 0 Å².